The van der Waals surface area contributed by atoms with E-state index in [-0.39, 0.29) is 17.9 Å². The number of carboxylic acid groups (broad SMARTS) is 1. The zero-order valence-electron chi connectivity index (χ0n) is 15.1. The maximum absolute atomic E-state index is 12.0. The average molecular weight is 460 g/mol. The molecule has 1 fully saturated rings. The van der Waals surface area contributed by atoms with Crippen LogP contribution in [0.2, 0.25) is 0 Å². The fourth-order valence-corrected chi connectivity index (χ4v) is 5.17. The van der Waals surface area contributed by atoms with Gasteiger partial charge in [-0.25, -0.2) is 13.2 Å². The first-order chi connectivity index (χ1) is 13.5. The van der Waals surface area contributed by atoms with Crippen molar-refractivity contribution in [2.75, 3.05) is 29.6 Å². The Balaban J connectivity index is 2.50. The van der Waals surface area contributed by atoms with E-state index >= 15 is 0 Å². The molecule has 0 aromatic rings. The third kappa shape index (κ3) is 8.04. The minimum Gasteiger partial charge on any atom is -0.480 e. The molecule has 1 aliphatic heterocycles. The summed E-state index contributed by atoms with van der Waals surface area (Å²) in [5, 5.41) is 51.4. The van der Waals surface area contributed by atoms with Crippen molar-refractivity contribution in [3.05, 3.63) is 0 Å². The molecule has 2 amide bonds. The molecule has 1 rings (SSSR count). The number of ether oxygens (including phenoxy) is 1. The second-order valence-corrected chi connectivity index (χ2v) is 9.50. The Hall–Kier alpha value is -1.49. The largest absolute Gasteiger partial charge is 0.480 e. The van der Waals surface area contributed by atoms with Crippen LogP contribution in [0.5, 0.6) is 0 Å². The molecular weight excluding hydrogens is 436 g/mol. The third-order valence-electron chi connectivity index (χ3n) is 3.97. The number of nitrogens with one attached hydrogen (secondary N) is 2. The first kappa shape index (κ1) is 25.5. The highest BCUT2D eigenvalue weighted by molar-refractivity contribution is 8.00. The number of carbonyl (C=O) groups excluding carboxylic acids is 2. The number of carbonyl (C=O) groups is 3. The van der Waals surface area contributed by atoms with Crippen LogP contribution in [0, 0.1) is 0 Å². The van der Waals surface area contributed by atoms with Gasteiger partial charge in [-0.05, 0) is 0 Å². The SMILES string of the molecule is O=CNC(CSCCS(=O)(=O)CC(=O)NC1C(O)O[C@H](CO)[C@H](O)[C@@H]1O)C(=O)O. The van der Waals surface area contributed by atoms with Gasteiger partial charge in [-0.15, -0.1) is 0 Å². The average Bonchev–Trinajstić information content (AvgIpc) is 2.63. The summed E-state index contributed by atoms with van der Waals surface area (Å²) in [6.07, 6.45) is -6.12. The van der Waals surface area contributed by atoms with Crippen LogP contribution in [0.3, 0.4) is 0 Å². The molecule has 3 unspecified atom stereocenters. The molecule has 1 aliphatic rings. The summed E-state index contributed by atoms with van der Waals surface area (Å²) in [6, 6.07) is -2.68. The number of aliphatic hydroxyl groups excluding tert-OH is 4. The molecule has 15 heteroatoms. The number of sulfone groups is 1. The van der Waals surface area contributed by atoms with Crippen molar-refractivity contribution >= 4 is 39.9 Å². The first-order valence-electron chi connectivity index (χ1n) is 8.33. The molecule has 0 aliphatic carbocycles. The topological polar surface area (TPSA) is 220 Å². The van der Waals surface area contributed by atoms with Gasteiger partial charge in [-0.2, -0.15) is 11.8 Å². The van der Waals surface area contributed by atoms with E-state index in [4.69, 9.17) is 14.9 Å². The van der Waals surface area contributed by atoms with Crippen molar-refractivity contribution < 1.29 is 53.1 Å². The molecule has 0 radical (unpaired) electrons. The van der Waals surface area contributed by atoms with Gasteiger partial charge in [0.1, 0.15) is 36.1 Å². The zero-order chi connectivity index (χ0) is 22.2. The van der Waals surface area contributed by atoms with Gasteiger partial charge < -0.3 is 40.9 Å². The molecule has 1 heterocycles. The highest BCUT2D eigenvalue weighted by Gasteiger charge is 2.44. The number of amides is 2. The summed E-state index contributed by atoms with van der Waals surface area (Å²) in [4.78, 5) is 33.1. The standard InChI is InChI=1S/C14H24N2O11S2/c17-3-8-11(20)12(21)10(14(24)27-8)16-9(19)5-29(25,26)2-1-28-4-7(13(22)23)15-6-18/h6-8,10-12,14,17,20-21,24H,1-5H2,(H,15,18)(H,16,19)(H,22,23)/t7?,8-,10?,11+,12-,14?/m1/s1. The Morgan fingerprint density at radius 2 is 1.86 bits per heavy atom. The summed E-state index contributed by atoms with van der Waals surface area (Å²) < 4.78 is 28.9. The van der Waals surface area contributed by atoms with E-state index in [0.29, 0.717) is 0 Å². The number of rotatable bonds is 12. The van der Waals surface area contributed by atoms with E-state index in [2.05, 4.69) is 10.6 Å². The summed E-state index contributed by atoms with van der Waals surface area (Å²) >= 11 is 0.953. The first-order valence-corrected chi connectivity index (χ1v) is 11.3. The normalized spacial score (nSPS) is 28.3. The van der Waals surface area contributed by atoms with E-state index in [1.54, 1.807) is 0 Å². The Labute approximate surface area is 170 Å². The highest BCUT2D eigenvalue weighted by Crippen LogP contribution is 2.19. The summed E-state index contributed by atoms with van der Waals surface area (Å²) in [6.45, 7) is -0.687. The molecule has 0 spiro atoms. The predicted molar refractivity (Wildman–Crippen MR) is 98.5 cm³/mol. The Kier molecular flexibility index (Phi) is 10.2. The highest BCUT2D eigenvalue weighted by atomic mass is 32.2. The summed E-state index contributed by atoms with van der Waals surface area (Å²) in [5.74, 6) is -3.86. The number of carboxylic acids is 1. The Morgan fingerprint density at radius 3 is 2.41 bits per heavy atom. The van der Waals surface area contributed by atoms with E-state index in [1.807, 2.05) is 0 Å². The molecule has 0 bridgehead atoms. The number of hydrogen-bond donors (Lipinski definition) is 7. The third-order valence-corrected chi connectivity index (χ3v) is 6.82. The zero-order valence-corrected chi connectivity index (χ0v) is 16.7. The van der Waals surface area contributed by atoms with Crippen LogP contribution >= 0.6 is 11.8 Å². The lowest BCUT2D eigenvalue weighted by atomic mass is 9.97. The van der Waals surface area contributed by atoms with Crippen molar-refractivity contribution in [3.8, 4) is 0 Å². The second-order valence-electron chi connectivity index (χ2n) is 6.16. The van der Waals surface area contributed by atoms with Crippen LogP contribution in [-0.2, 0) is 29.0 Å². The van der Waals surface area contributed by atoms with E-state index in [9.17, 15) is 38.1 Å². The van der Waals surface area contributed by atoms with E-state index < -0.39 is 76.5 Å². The van der Waals surface area contributed by atoms with Crippen molar-refractivity contribution in [2.45, 2.75) is 36.7 Å². The van der Waals surface area contributed by atoms with Crippen molar-refractivity contribution in [1.82, 2.24) is 10.6 Å². The van der Waals surface area contributed by atoms with Gasteiger partial charge in [0, 0.05) is 11.5 Å². The lowest BCUT2D eigenvalue weighted by Crippen LogP contribution is -2.64. The van der Waals surface area contributed by atoms with Crippen molar-refractivity contribution in [1.29, 1.82) is 0 Å². The molecule has 0 aromatic carbocycles. The van der Waals surface area contributed by atoms with Gasteiger partial charge in [-0.3, -0.25) is 9.59 Å². The molecule has 1 saturated heterocycles. The van der Waals surface area contributed by atoms with Crippen LogP contribution in [0.25, 0.3) is 0 Å². The van der Waals surface area contributed by atoms with Gasteiger partial charge in [0.25, 0.3) is 0 Å². The van der Waals surface area contributed by atoms with Gasteiger partial charge in [0.2, 0.25) is 12.3 Å². The van der Waals surface area contributed by atoms with Crippen LogP contribution in [0.1, 0.15) is 0 Å². The fourth-order valence-electron chi connectivity index (χ4n) is 2.41. The number of aliphatic hydroxyl groups is 4. The minimum absolute atomic E-state index is 0.0331. The predicted octanol–water partition coefficient (Wildman–Crippen LogP) is -4.75. The molecule has 6 atom stereocenters. The lowest BCUT2D eigenvalue weighted by molar-refractivity contribution is -0.253. The second kappa shape index (κ2) is 11.6. The maximum atomic E-state index is 12.0. The van der Waals surface area contributed by atoms with Gasteiger partial charge in [0.15, 0.2) is 16.1 Å². The number of hydrogen-bond acceptors (Lipinski definition) is 11. The Morgan fingerprint density at radius 1 is 1.21 bits per heavy atom. The fraction of sp³-hybridized carbons (Fsp3) is 0.786. The molecule has 29 heavy (non-hydrogen) atoms. The molecule has 7 N–H and O–H groups in total. The van der Waals surface area contributed by atoms with Crippen LogP contribution in [0.4, 0.5) is 0 Å². The quantitative estimate of drug-likeness (QED) is 0.108. The molecule has 13 nitrogen and oxygen atoms in total. The van der Waals surface area contributed by atoms with Gasteiger partial charge in [0.05, 0.1) is 12.4 Å². The van der Waals surface area contributed by atoms with Crippen LogP contribution in [-0.4, -0.2) is 119 Å². The molecule has 0 saturated carbocycles. The molecule has 0 aromatic heterocycles. The Bertz CT molecular complexity index is 674. The van der Waals surface area contributed by atoms with Crippen LogP contribution in [0.15, 0.2) is 0 Å². The van der Waals surface area contributed by atoms with Crippen molar-refractivity contribution in [2.24, 2.45) is 0 Å². The van der Waals surface area contributed by atoms with Gasteiger partial charge in [-0.1, -0.05) is 0 Å². The molecular formula is C14H24N2O11S2. The number of thioether (sulfide) groups is 1. The van der Waals surface area contributed by atoms with E-state index in [1.165, 1.54) is 0 Å². The summed E-state index contributed by atoms with van der Waals surface area (Å²) in [7, 11) is -3.90. The van der Waals surface area contributed by atoms with Crippen LogP contribution < -0.4 is 10.6 Å². The monoisotopic (exact) mass is 460 g/mol. The number of aliphatic carboxylic acids is 1. The smallest absolute Gasteiger partial charge is 0.327 e. The minimum atomic E-state index is -3.90. The van der Waals surface area contributed by atoms with Crippen molar-refractivity contribution in [3.63, 3.8) is 0 Å². The van der Waals surface area contributed by atoms with Gasteiger partial charge >= 0.3 is 5.97 Å². The van der Waals surface area contributed by atoms with E-state index in [0.717, 1.165) is 11.8 Å². The molecule has 168 valence electrons. The maximum Gasteiger partial charge on any atom is 0.327 e. The summed E-state index contributed by atoms with van der Waals surface area (Å²) in [5.41, 5.74) is 0. The lowest BCUT2D eigenvalue weighted by Gasteiger charge is -2.40.